The fraction of sp³-hybridized carbons (Fsp3) is 0.529. The van der Waals surface area contributed by atoms with E-state index in [1.165, 1.54) is 36.8 Å². The normalized spacial score (nSPS) is 18.7. The molecule has 2 rings (SSSR count). The molecule has 0 spiro atoms. The van der Waals surface area contributed by atoms with Crippen LogP contribution in [0.3, 0.4) is 0 Å². The minimum atomic E-state index is 0.704. The van der Waals surface area contributed by atoms with Crippen LogP contribution >= 0.6 is 0 Å². The second-order valence-corrected chi connectivity index (χ2v) is 5.33. The van der Waals surface area contributed by atoms with Crippen molar-refractivity contribution in [3.63, 3.8) is 0 Å². The van der Waals surface area contributed by atoms with Crippen LogP contribution in [-0.2, 0) is 0 Å². The van der Waals surface area contributed by atoms with E-state index in [1.54, 1.807) is 16.7 Å². The van der Waals surface area contributed by atoms with Crippen molar-refractivity contribution in [1.82, 2.24) is 0 Å². The molecule has 0 aliphatic heterocycles. The van der Waals surface area contributed by atoms with Gasteiger partial charge in [0.05, 0.1) is 0 Å². The number of allylic oxidation sites excluding steroid dienone is 2. The van der Waals surface area contributed by atoms with Crippen molar-refractivity contribution >= 4 is 5.57 Å². The highest BCUT2D eigenvalue weighted by Gasteiger charge is 2.27. The number of aryl methyl sites for hydroxylation is 1. The summed E-state index contributed by atoms with van der Waals surface area (Å²) in [6.45, 7) is 9.11. The third-order valence-electron chi connectivity index (χ3n) is 3.99. The first-order valence-corrected chi connectivity index (χ1v) is 6.99. The molecule has 1 aromatic rings. The Kier molecular flexibility index (Phi) is 3.71. The van der Waals surface area contributed by atoms with Gasteiger partial charge in [0.15, 0.2) is 0 Å². The van der Waals surface area contributed by atoms with Gasteiger partial charge in [-0.2, -0.15) is 0 Å². The zero-order valence-electron chi connectivity index (χ0n) is 11.6. The Morgan fingerprint density at radius 2 is 1.82 bits per heavy atom. The predicted molar refractivity (Wildman–Crippen MR) is 76.3 cm³/mol. The molecule has 0 bridgehead atoms. The molecule has 1 unspecified atom stereocenters. The van der Waals surface area contributed by atoms with Gasteiger partial charge in [0.25, 0.3) is 0 Å². The van der Waals surface area contributed by atoms with Crippen LogP contribution in [0, 0.1) is 6.92 Å². The van der Waals surface area contributed by atoms with Crippen molar-refractivity contribution in [1.29, 1.82) is 0 Å². The van der Waals surface area contributed by atoms with Crippen LogP contribution in [0.5, 0.6) is 0 Å². The maximum Gasteiger partial charge on any atom is 0.00601 e. The lowest BCUT2D eigenvalue weighted by atomic mass is 9.88. The van der Waals surface area contributed by atoms with E-state index in [-0.39, 0.29) is 0 Å². The van der Waals surface area contributed by atoms with Crippen molar-refractivity contribution in [3.05, 3.63) is 40.5 Å². The van der Waals surface area contributed by atoms with Gasteiger partial charge in [-0.1, -0.05) is 56.0 Å². The summed E-state index contributed by atoms with van der Waals surface area (Å²) in [6.07, 6.45) is 5.12. The van der Waals surface area contributed by atoms with E-state index in [1.807, 2.05) is 0 Å². The van der Waals surface area contributed by atoms with Gasteiger partial charge < -0.3 is 0 Å². The van der Waals surface area contributed by atoms with E-state index >= 15 is 0 Å². The van der Waals surface area contributed by atoms with Gasteiger partial charge in [-0.05, 0) is 43.4 Å². The number of hydrogen-bond acceptors (Lipinski definition) is 0. The van der Waals surface area contributed by atoms with Gasteiger partial charge in [0.1, 0.15) is 0 Å². The Morgan fingerprint density at radius 1 is 1.06 bits per heavy atom. The molecular formula is C17H24. The van der Waals surface area contributed by atoms with Crippen LogP contribution in [0.4, 0.5) is 0 Å². The molecule has 0 amide bonds. The van der Waals surface area contributed by atoms with E-state index in [4.69, 9.17) is 0 Å². The van der Waals surface area contributed by atoms with E-state index in [0.29, 0.717) is 5.92 Å². The molecule has 1 atom stereocenters. The Morgan fingerprint density at radius 3 is 2.47 bits per heavy atom. The summed E-state index contributed by atoms with van der Waals surface area (Å²) in [6, 6.07) is 6.98. The fourth-order valence-corrected chi connectivity index (χ4v) is 3.18. The van der Waals surface area contributed by atoms with Crippen molar-refractivity contribution in [2.45, 2.75) is 59.3 Å². The maximum atomic E-state index is 2.40. The second-order valence-electron chi connectivity index (χ2n) is 5.33. The topological polar surface area (TPSA) is 0 Å². The largest absolute Gasteiger partial charge is 0.0653 e. The molecular weight excluding hydrogens is 204 g/mol. The standard InChI is InChI=1S/C17H24/c1-5-7-14-13(4)15-10-9-12(3)11-17(15)16(14)8-6-2/h9-11,16H,5-8H2,1-4H3. The summed E-state index contributed by atoms with van der Waals surface area (Å²) < 4.78 is 0. The molecule has 0 radical (unpaired) electrons. The molecule has 1 aliphatic carbocycles. The van der Waals surface area contributed by atoms with E-state index in [9.17, 15) is 0 Å². The van der Waals surface area contributed by atoms with Crippen molar-refractivity contribution in [2.75, 3.05) is 0 Å². The maximum absolute atomic E-state index is 2.40. The molecule has 0 N–H and O–H groups in total. The first-order chi connectivity index (χ1) is 8.19. The molecule has 1 aromatic carbocycles. The minimum absolute atomic E-state index is 0.704. The van der Waals surface area contributed by atoms with Crippen LogP contribution in [0.25, 0.3) is 5.57 Å². The molecule has 92 valence electrons. The molecule has 1 aliphatic rings. The molecule has 0 nitrogen and oxygen atoms in total. The van der Waals surface area contributed by atoms with Gasteiger partial charge in [-0.25, -0.2) is 0 Å². The highest BCUT2D eigenvalue weighted by atomic mass is 14.3. The summed E-state index contributed by atoms with van der Waals surface area (Å²) in [4.78, 5) is 0. The third-order valence-corrected chi connectivity index (χ3v) is 3.99. The average Bonchev–Trinajstić information content (AvgIpc) is 2.55. The first kappa shape index (κ1) is 12.4. The molecule has 0 saturated carbocycles. The number of hydrogen-bond donors (Lipinski definition) is 0. The third kappa shape index (κ3) is 2.18. The van der Waals surface area contributed by atoms with Crippen molar-refractivity contribution < 1.29 is 0 Å². The number of fused-ring (bicyclic) bond motifs is 1. The average molecular weight is 228 g/mol. The lowest BCUT2D eigenvalue weighted by Crippen LogP contribution is -1.99. The van der Waals surface area contributed by atoms with Crippen molar-refractivity contribution in [2.24, 2.45) is 0 Å². The smallest absolute Gasteiger partial charge is 0.00601 e. The number of benzene rings is 1. The Balaban J connectivity index is 2.45. The lowest BCUT2D eigenvalue weighted by molar-refractivity contribution is 0.665. The zero-order valence-corrected chi connectivity index (χ0v) is 11.6. The van der Waals surface area contributed by atoms with Crippen LogP contribution in [0.15, 0.2) is 23.8 Å². The SMILES string of the molecule is CCCC1=C(C)c2ccc(C)cc2C1CCC. The van der Waals surface area contributed by atoms with Gasteiger partial charge in [-0.15, -0.1) is 0 Å². The highest BCUT2D eigenvalue weighted by Crippen LogP contribution is 2.46. The van der Waals surface area contributed by atoms with E-state index < -0.39 is 0 Å². The van der Waals surface area contributed by atoms with E-state index in [2.05, 4.69) is 45.9 Å². The summed E-state index contributed by atoms with van der Waals surface area (Å²) in [7, 11) is 0. The van der Waals surface area contributed by atoms with Crippen LogP contribution < -0.4 is 0 Å². The molecule has 0 aromatic heterocycles. The van der Waals surface area contributed by atoms with Gasteiger partial charge in [-0.3, -0.25) is 0 Å². The molecule has 0 heteroatoms. The first-order valence-electron chi connectivity index (χ1n) is 6.99. The van der Waals surface area contributed by atoms with Gasteiger partial charge in [0, 0.05) is 5.92 Å². The molecule has 0 saturated heterocycles. The van der Waals surface area contributed by atoms with Crippen LogP contribution in [0.2, 0.25) is 0 Å². The van der Waals surface area contributed by atoms with Crippen molar-refractivity contribution in [3.8, 4) is 0 Å². The predicted octanol–water partition coefficient (Wildman–Crippen LogP) is 5.47. The molecule has 0 heterocycles. The second kappa shape index (κ2) is 5.08. The Hall–Kier alpha value is -1.04. The van der Waals surface area contributed by atoms with Crippen LogP contribution in [-0.4, -0.2) is 0 Å². The summed E-state index contributed by atoms with van der Waals surface area (Å²) in [5.41, 5.74) is 7.76. The molecule has 0 fully saturated rings. The zero-order chi connectivity index (χ0) is 12.4. The summed E-state index contributed by atoms with van der Waals surface area (Å²) >= 11 is 0. The Bertz CT molecular complexity index is 437. The lowest BCUT2D eigenvalue weighted by Gasteiger charge is -2.16. The van der Waals surface area contributed by atoms with Gasteiger partial charge in [0.2, 0.25) is 0 Å². The summed E-state index contributed by atoms with van der Waals surface area (Å²) in [5.74, 6) is 0.704. The molecule has 17 heavy (non-hydrogen) atoms. The Labute approximate surface area is 106 Å². The van der Waals surface area contributed by atoms with Gasteiger partial charge >= 0.3 is 0 Å². The number of rotatable bonds is 4. The quantitative estimate of drug-likeness (QED) is 0.641. The fourth-order valence-electron chi connectivity index (χ4n) is 3.18. The van der Waals surface area contributed by atoms with Crippen LogP contribution in [0.1, 0.15) is 69.1 Å². The highest BCUT2D eigenvalue weighted by molar-refractivity contribution is 5.77. The monoisotopic (exact) mass is 228 g/mol. The minimum Gasteiger partial charge on any atom is -0.0653 e. The van der Waals surface area contributed by atoms with E-state index in [0.717, 1.165) is 0 Å². The summed E-state index contributed by atoms with van der Waals surface area (Å²) in [5, 5.41) is 0.